The van der Waals surface area contributed by atoms with Crippen molar-refractivity contribution in [2.75, 3.05) is 5.32 Å². The number of anilines is 1. The molecule has 0 spiro atoms. The van der Waals surface area contributed by atoms with Gasteiger partial charge in [-0.3, -0.25) is 9.48 Å². The van der Waals surface area contributed by atoms with Gasteiger partial charge in [0.15, 0.2) is 5.82 Å². The van der Waals surface area contributed by atoms with Crippen molar-refractivity contribution in [3.05, 3.63) is 6.20 Å². The molecule has 0 bridgehead atoms. The summed E-state index contributed by atoms with van der Waals surface area (Å²) in [5.74, 6) is 1.81. The Morgan fingerprint density at radius 1 is 1.71 bits per heavy atom. The third-order valence-electron chi connectivity index (χ3n) is 1.86. The maximum atomic E-state index is 11.4. The summed E-state index contributed by atoms with van der Waals surface area (Å²) in [4.78, 5) is 11.1. The Kier molecular flexibility index (Phi) is 3.88. The van der Waals surface area contributed by atoms with E-state index in [-0.39, 0.29) is 23.6 Å². The van der Waals surface area contributed by atoms with E-state index < -0.39 is 15.9 Å². The molecular weight excluding hydrogens is 244 g/mol. The number of sulfonamides is 1. The van der Waals surface area contributed by atoms with Crippen LogP contribution >= 0.6 is 0 Å². The number of aromatic nitrogens is 2. The van der Waals surface area contributed by atoms with Crippen LogP contribution in [-0.4, -0.2) is 24.1 Å². The monoisotopic (exact) mass is 256 g/mol. The Hall–Kier alpha value is -1.85. The Balaban J connectivity index is 2.93. The molecule has 0 radical (unpaired) electrons. The van der Waals surface area contributed by atoms with E-state index in [0.29, 0.717) is 0 Å². The summed E-state index contributed by atoms with van der Waals surface area (Å²) in [6, 6.07) is 0. The molecule has 0 fully saturated rings. The summed E-state index contributed by atoms with van der Waals surface area (Å²) in [5.41, 5.74) is 0. The Morgan fingerprint density at radius 2 is 2.35 bits per heavy atom. The number of terminal acetylenes is 1. The quantitative estimate of drug-likeness (QED) is 0.702. The van der Waals surface area contributed by atoms with Crippen molar-refractivity contribution in [3.8, 4) is 12.3 Å². The fourth-order valence-electron chi connectivity index (χ4n) is 1.14. The van der Waals surface area contributed by atoms with Gasteiger partial charge in [-0.1, -0.05) is 0 Å². The summed E-state index contributed by atoms with van der Waals surface area (Å²) >= 11 is 0. The predicted molar refractivity (Wildman–Crippen MR) is 61.3 cm³/mol. The van der Waals surface area contributed by atoms with Crippen LogP contribution in [0.1, 0.15) is 12.8 Å². The molecule has 0 aliphatic carbocycles. The standard InChI is InChI=1S/C9H12N4O3S/c1-3-4-5-8(14)11-9-7(17(10,15)16)6-13(2)12-9/h1,6H,4-5H2,2H3,(H2,10,15,16)(H,11,12,14). The van der Waals surface area contributed by atoms with Crippen LogP contribution in [-0.2, 0) is 21.9 Å². The van der Waals surface area contributed by atoms with E-state index in [1.165, 1.54) is 17.9 Å². The smallest absolute Gasteiger partial charge is 0.243 e. The lowest BCUT2D eigenvalue weighted by Gasteiger charge is -2.01. The molecular formula is C9H12N4O3S. The highest BCUT2D eigenvalue weighted by Gasteiger charge is 2.19. The first-order valence-electron chi connectivity index (χ1n) is 4.64. The van der Waals surface area contributed by atoms with Crippen LogP contribution in [0.15, 0.2) is 11.1 Å². The highest BCUT2D eigenvalue weighted by molar-refractivity contribution is 7.89. The predicted octanol–water partition coefficient (Wildman–Crippen LogP) is -0.581. The van der Waals surface area contributed by atoms with Crippen LogP contribution < -0.4 is 10.5 Å². The minimum Gasteiger partial charge on any atom is -0.308 e. The van der Waals surface area contributed by atoms with Gasteiger partial charge in [-0.15, -0.1) is 12.3 Å². The molecule has 1 aromatic heterocycles. The van der Waals surface area contributed by atoms with Crippen LogP contribution in [0.2, 0.25) is 0 Å². The number of aryl methyl sites for hydroxylation is 1. The first kappa shape index (κ1) is 13.2. The van der Waals surface area contributed by atoms with E-state index >= 15 is 0 Å². The molecule has 1 rings (SSSR count). The molecule has 17 heavy (non-hydrogen) atoms. The average molecular weight is 256 g/mol. The molecule has 0 saturated heterocycles. The summed E-state index contributed by atoms with van der Waals surface area (Å²) < 4.78 is 23.7. The van der Waals surface area contributed by atoms with Crippen LogP contribution in [0.5, 0.6) is 0 Å². The molecule has 0 atom stereocenters. The third kappa shape index (κ3) is 3.58. The molecule has 0 aliphatic rings. The molecule has 1 amide bonds. The van der Waals surface area contributed by atoms with Gasteiger partial charge in [0.2, 0.25) is 15.9 Å². The Labute approximate surface area is 99.0 Å². The first-order valence-corrected chi connectivity index (χ1v) is 6.19. The van der Waals surface area contributed by atoms with Crippen LogP contribution in [0, 0.1) is 12.3 Å². The van der Waals surface area contributed by atoms with Gasteiger partial charge in [-0.05, 0) is 0 Å². The SMILES string of the molecule is C#CCCC(=O)Nc1nn(C)cc1S(N)(=O)=O. The fraction of sp³-hybridized carbons (Fsp3) is 0.333. The Bertz CT molecular complexity index is 568. The molecule has 0 unspecified atom stereocenters. The highest BCUT2D eigenvalue weighted by Crippen LogP contribution is 2.17. The lowest BCUT2D eigenvalue weighted by molar-refractivity contribution is -0.116. The number of carbonyl (C=O) groups is 1. The summed E-state index contributed by atoms with van der Waals surface area (Å²) in [6.07, 6.45) is 6.58. The van der Waals surface area contributed by atoms with Crippen molar-refractivity contribution in [1.29, 1.82) is 0 Å². The van der Waals surface area contributed by atoms with Gasteiger partial charge in [0.1, 0.15) is 4.90 Å². The maximum Gasteiger partial charge on any atom is 0.243 e. The van der Waals surface area contributed by atoms with E-state index in [0.717, 1.165) is 0 Å². The number of nitrogens with one attached hydrogen (secondary N) is 1. The average Bonchev–Trinajstić information content (AvgIpc) is 2.56. The van der Waals surface area contributed by atoms with Crippen molar-refractivity contribution in [1.82, 2.24) is 9.78 Å². The number of hydrogen-bond donors (Lipinski definition) is 2. The number of hydrogen-bond acceptors (Lipinski definition) is 4. The van der Waals surface area contributed by atoms with Gasteiger partial charge < -0.3 is 5.32 Å². The third-order valence-corrected chi connectivity index (χ3v) is 2.77. The second kappa shape index (κ2) is 4.99. The summed E-state index contributed by atoms with van der Waals surface area (Å²) in [5, 5.41) is 11.1. The highest BCUT2D eigenvalue weighted by atomic mass is 32.2. The molecule has 92 valence electrons. The van der Waals surface area contributed by atoms with Gasteiger partial charge >= 0.3 is 0 Å². The number of rotatable bonds is 4. The maximum absolute atomic E-state index is 11.4. The van der Waals surface area contributed by atoms with Crippen molar-refractivity contribution < 1.29 is 13.2 Å². The van der Waals surface area contributed by atoms with E-state index in [9.17, 15) is 13.2 Å². The molecule has 1 aromatic rings. The second-order valence-electron chi connectivity index (χ2n) is 3.31. The van der Waals surface area contributed by atoms with Crippen molar-refractivity contribution >= 4 is 21.7 Å². The first-order chi connectivity index (χ1) is 7.84. The molecule has 0 aliphatic heterocycles. The molecule has 0 aromatic carbocycles. The van der Waals surface area contributed by atoms with Gasteiger partial charge in [0, 0.05) is 26.1 Å². The van der Waals surface area contributed by atoms with Crippen LogP contribution in [0.3, 0.4) is 0 Å². The largest absolute Gasteiger partial charge is 0.308 e. The van der Waals surface area contributed by atoms with Crippen LogP contribution in [0.25, 0.3) is 0 Å². The summed E-state index contributed by atoms with van der Waals surface area (Å²) in [6.45, 7) is 0. The molecule has 8 heteroatoms. The molecule has 7 nitrogen and oxygen atoms in total. The van der Waals surface area contributed by atoms with Crippen molar-refractivity contribution in [3.63, 3.8) is 0 Å². The van der Waals surface area contributed by atoms with E-state index in [4.69, 9.17) is 11.6 Å². The molecule has 0 saturated carbocycles. The number of primary sulfonamides is 1. The van der Waals surface area contributed by atoms with E-state index in [1.807, 2.05) is 0 Å². The minimum absolute atomic E-state index is 0.0861. The number of nitrogens with two attached hydrogens (primary N) is 1. The minimum atomic E-state index is -3.92. The normalized spacial score (nSPS) is 10.9. The molecule has 1 heterocycles. The fourth-order valence-corrected chi connectivity index (χ4v) is 1.80. The van der Waals surface area contributed by atoms with Crippen molar-refractivity contribution in [2.45, 2.75) is 17.7 Å². The zero-order valence-electron chi connectivity index (χ0n) is 9.17. The van der Waals surface area contributed by atoms with Gasteiger partial charge in [-0.2, -0.15) is 5.10 Å². The van der Waals surface area contributed by atoms with Crippen LogP contribution in [0.4, 0.5) is 5.82 Å². The lowest BCUT2D eigenvalue weighted by atomic mass is 10.3. The molecule has 3 N–H and O–H groups in total. The zero-order valence-corrected chi connectivity index (χ0v) is 9.99. The van der Waals surface area contributed by atoms with Crippen molar-refractivity contribution in [2.24, 2.45) is 12.2 Å². The second-order valence-corrected chi connectivity index (χ2v) is 4.84. The van der Waals surface area contributed by atoms with Gasteiger partial charge in [-0.25, -0.2) is 13.6 Å². The zero-order chi connectivity index (χ0) is 13.1. The number of carbonyl (C=O) groups excluding carboxylic acids is 1. The van der Waals surface area contributed by atoms with E-state index in [2.05, 4.69) is 16.3 Å². The van der Waals surface area contributed by atoms with Gasteiger partial charge in [0.25, 0.3) is 0 Å². The number of amides is 1. The lowest BCUT2D eigenvalue weighted by Crippen LogP contribution is -2.17. The Morgan fingerprint density at radius 3 is 2.88 bits per heavy atom. The van der Waals surface area contributed by atoms with E-state index in [1.54, 1.807) is 0 Å². The topological polar surface area (TPSA) is 107 Å². The van der Waals surface area contributed by atoms with Gasteiger partial charge in [0.05, 0.1) is 0 Å². The number of nitrogens with zero attached hydrogens (tertiary/aromatic N) is 2. The summed E-state index contributed by atoms with van der Waals surface area (Å²) in [7, 11) is -2.40.